The molecule has 0 aromatic heterocycles. The number of ether oxygens (including phenoxy) is 1. The van der Waals surface area contributed by atoms with Gasteiger partial charge in [0.05, 0.1) is 17.1 Å². The zero-order chi connectivity index (χ0) is 14.7. The quantitative estimate of drug-likeness (QED) is 0.818. The Labute approximate surface area is 114 Å². The number of sulfonamides is 1. The van der Waals surface area contributed by atoms with Crippen molar-refractivity contribution in [3.05, 3.63) is 29.3 Å². The third-order valence-electron chi connectivity index (χ3n) is 2.89. The van der Waals surface area contributed by atoms with E-state index in [4.69, 9.17) is 4.74 Å². The zero-order valence-electron chi connectivity index (χ0n) is 11.7. The van der Waals surface area contributed by atoms with Crippen LogP contribution in [0.25, 0.3) is 0 Å². The molecular formula is C13H21NO4S. The van der Waals surface area contributed by atoms with Crippen molar-refractivity contribution >= 4 is 10.0 Å². The smallest absolute Gasteiger partial charge is 0.240 e. The number of hydrogen-bond acceptors (Lipinski definition) is 4. The average Bonchev–Trinajstić information content (AvgIpc) is 2.30. The SMILES string of the molecule is COCC(C)(O)CNS(=O)(=O)c1ccc(C)c(C)c1. The van der Waals surface area contributed by atoms with Crippen LogP contribution >= 0.6 is 0 Å². The van der Waals surface area contributed by atoms with Gasteiger partial charge in [0.25, 0.3) is 0 Å². The third-order valence-corrected chi connectivity index (χ3v) is 4.29. The van der Waals surface area contributed by atoms with Gasteiger partial charge in [-0.05, 0) is 44.0 Å². The minimum absolute atomic E-state index is 0.0580. The summed E-state index contributed by atoms with van der Waals surface area (Å²) in [5.41, 5.74) is 0.707. The van der Waals surface area contributed by atoms with Crippen LogP contribution in [0.15, 0.2) is 23.1 Å². The molecule has 0 aliphatic rings. The molecule has 0 saturated heterocycles. The molecule has 1 aromatic carbocycles. The molecule has 1 rings (SSSR count). The molecule has 0 fully saturated rings. The monoisotopic (exact) mass is 287 g/mol. The number of nitrogens with one attached hydrogen (secondary N) is 1. The van der Waals surface area contributed by atoms with Gasteiger partial charge in [0.2, 0.25) is 10.0 Å². The Bertz CT molecular complexity index is 538. The predicted octanol–water partition coefficient (Wildman–Crippen LogP) is 0.979. The van der Waals surface area contributed by atoms with E-state index >= 15 is 0 Å². The van der Waals surface area contributed by atoms with Crippen molar-refractivity contribution in [2.24, 2.45) is 0 Å². The van der Waals surface area contributed by atoms with Gasteiger partial charge in [-0.3, -0.25) is 0 Å². The lowest BCUT2D eigenvalue weighted by molar-refractivity contribution is -0.0119. The molecule has 1 atom stereocenters. The molecular weight excluding hydrogens is 266 g/mol. The van der Waals surface area contributed by atoms with Gasteiger partial charge in [0, 0.05) is 13.7 Å². The lowest BCUT2D eigenvalue weighted by atomic mass is 10.1. The van der Waals surface area contributed by atoms with E-state index in [1.807, 2.05) is 13.8 Å². The average molecular weight is 287 g/mol. The van der Waals surface area contributed by atoms with Crippen LogP contribution in [0.4, 0.5) is 0 Å². The first-order valence-corrected chi connectivity index (χ1v) is 7.44. The van der Waals surface area contributed by atoms with Gasteiger partial charge >= 0.3 is 0 Å². The Morgan fingerprint density at radius 3 is 2.47 bits per heavy atom. The van der Waals surface area contributed by atoms with Gasteiger partial charge in [0.1, 0.15) is 0 Å². The van der Waals surface area contributed by atoms with Crippen molar-refractivity contribution in [3.8, 4) is 0 Å². The van der Waals surface area contributed by atoms with Crippen molar-refractivity contribution in [3.63, 3.8) is 0 Å². The van der Waals surface area contributed by atoms with Crippen molar-refractivity contribution in [2.45, 2.75) is 31.3 Å². The highest BCUT2D eigenvalue weighted by Gasteiger charge is 2.24. The minimum Gasteiger partial charge on any atom is -0.386 e. The molecule has 2 N–H and O–H groups in total. The first-order chi connectivity index (χ1) is 8.68. The topological polar surface area (TPSA) is 75.6 Å². The first kappa shape index (κ1) is 16.1. The predicted molar refractivity (Wildman–Crippen MR) is 73.6 cm³/mol. The molecule has 0 amide bonds. The number of hydrogen-bond donors (Lipinski definition) is 2. The standard InChI is InChI=1S/C13H21NO4S/c1-10-5-6-12(7-11(10)2)19(16,17)14-8-13(3,15)9-18-4/h5-7,14-15H,8-9H2,1-4H3. The molecule has 0 aliphatic carbocycles. The molecule has 0 radical (unpaired) electrons. The largest absolute Gasteiger partial charge is 0.386 e. The number of aliphatic hydroxyl groups is 1. The molecule has 0 bridgehead atoms. The summed E-state index contributed by atoms with van der Waals surface area (Å²) in [6.07, 6.45) is 0. The Morgan fingerprint density at radius 1 is 1.32 bits per heavy atom. The van der Waals surface area contributed by atoms with Crippen molar-refractivity contribution in [2.75, 3.05) is 20.3 Å². The Kier molecular flexibility index (Phi) is 5.09. The van der Waals surface area contributed by atoms with Crippen molar-refractivity contribution in [1.82, 2.24) is 4.72 Å². The van der Waals surface area contributed by atoms with E-state index in [9.17, 15) is 13.5 Å². The summed E-state index contributed by atoms with van der Waals surface area (Å²) in [5.74, 6) is 0. The highest BCUT2D eigenvalue weighted by atomic mass is 32.2. The minimum atomic E-state index is -3.62. The molecule has 0 saturated carbocycles. The summed E-state index contributed by atoms with van der Waals surface area (Å²) in [6, 6.07) is 4.93. The summed E-state index contributed by atoms with van der Waals surface area (Å²) < 4.78 is 31.4. The van der Waals surface area contributed by atoms with E-state index in [2.05, 4.69) is 4.72 Å². The Balaban J connectivity index is 2.84. The number of rotatable bonds is 6. The van der Waals surface area contributed by atoms with Crippen molar-refractivity contribution in [1.29, 1.82) is 0 Å². The summed E-state index contributed by atoms with van der Waals surface area (Å²) in [7, 11) is -2.17. The zero-order valence-corrected chi connectivity index (χ0v) is 12.5. The van der Waals surface area contributed by atoms with Crippen LogP contribution in [0, 0.1) is 13.8 Å². The summed E-state index contributed by atoms with van der Waals surface area (Å²) in [6.45, 7) is 5.25. The van der Waals surface area contributed by atoms with E-state index in [-0.39, 0.29) is 18.0 Å². The van der Waals surface area contributed by atoms with E-state index in [1.54, 1.807) is 18.2 Å². The van der Waals surface area contributed by atoms with Gasteiger partial charge in [-0.15, -0.1) is 0 Å². The lowest BCUT2D eigenvalue weighted by Gasteiger charge is -2.22. The summed E-state index contributed by atoms with van der Waals surface area (Å²) in [4.78, 5) is 0.198. The van der Waals surface area contributed by atoms with Crippen molar-refractivity contribution < 1.29 is 18.3 Å². The van der Waals surface area contributed by atoms with Gasteiger partial charge < -0.3 is 9.84 Å². The van der Waals surface area contributed by atoms with Crippen LogP contribution < -0.4 is 4.72 Å². The molecule has 0 heterocycles. The van der Waals surface area contributed by atoms with Gasteiger partial charge in [0.15, 0.2) is 0 Å². The molecule has 1 unspecified atom stereocenters. The molecule has 5 nitrogen and oxygen atoms in total. The molecule has 0 aliphatic heterocycles. The van der Waals surface area contributed by atoms with E-state index < -0.39 is 15.6 Å². The molecule has 6 heteroatoms. The molecule has 108 valence electrons. The second-order valence-corrected chi connectivity index (χ2v) is 6.77. The fourth-order valence-corrected chi connectivity index (χ4v) is 2.82. The van der Waals surface area contributed by atoms with E-state index in [0.29, 0.717) is 0 Å². The van der Waals surface area contributed by atoms with Crippen LogP contribution in [0.3, 0.4) is 0 Å². The maximum absolute atomic E-state index is 12.1. The third kappa shape index (κ3) is 4.58. The Morgan fingerprint density at radius 2 is 1.95 bits per heavy atom. The summed E-state index contributed by atoms with van der Waals surface area (Å²) in [5, 5.41) is 9.87. The molecule has 1 aromatic rings. The normalized spacial score (nSPS) is 15.2. The van der Waals surface area contributed by atoms with Crippen LogP contribution in [-0.2, 0) is 14.8 Å². The first-order valence-electron chi connectivity index (χ1n) is 5.96. The Hall–Kier alpha value is -0.950. The molecule has 0 spiro atoms. The summed E-state index contributed by atoms with van der Waals surface area (Å²) >= 11 is 0. The second-order valence-electron chi connectivity index (χ2n) is 5.00. The van der Waals surface area contributed by atoms with Crippen LogP contribution in [0.5, 0.6) is 0 Å². The number of benzene rings is 1. The van der Waals surface area contributed by atoms with Gasteiger partial charge in [-0.1, -0.05) is 6.07 Å². The highest BCUT2D eigenvalue weighted by Crippen LogP contribution is 2.15. The van der Waals surface area contributed by atoms with Crippen LogP contribution in [-0.4, -0.2) is 39.4 Å². The van der Waals surface area contributed by atoms with Crippen LogP contribution in [0.2, 0.25) is 0 Å². The fraction of sp³-hybridized carbons (Fsp3) is 0.538. The van der Waals surface area contributed by atoms with Crippen LogP contribution in [0.1, 0.15) is 18.1 Å². The fourth-order valence-electron chi connectivity index (χ4n) is 1.58. The molecule has 19 heavy (non-hydrogen) atoms. The lowest BCUT2D eigenvalue weighted by Crippen LogP contribution is -2.43. The van der Waals surface area contributed by atoms with E-state index in [1.165, 1.54) is 14.0 Å². The maximum atomic E-state index is 12.1. The number of methoxy groups -OCH3 is 1. The second kappa shape index (κ2) is 6.00. The van der Waals surface area contributed by atoms with Gasteiger partial charge in [-0.2, -0.15) is 0 Å². The van der Waals surface area contributed by atoms with Gasteiger partial charge in [-0.25, -0.2) is 13.1 Å². The van der Waals surface area contributed by atoms with E-state index in [0.717, 1.165) is 11.1 Å². The highest BCUT2D eigenvalue weighted by molar-refractivity contribution is 7.89. The maximum Gasteiger partial charge on any atom is 0.240 e. The number of aryl methyl sites for hydroxylation is 2.